The summed E-state index contributed by atoms with van der Waals surface area (Å²) in [5.41, 5.74) is 2.89. The fraction of sp³-hybridized carbons (Fsp3) is 0.267. The van der Waals surface area contributed by atoms with E-state index in [2.05, 4.69) is 26.2 Å². The van der Waals surface area contributed by atoms with Crippen LogP contribution in [0.4, 0.5) is 15.8 Å². The molecular formula is C15H17BrFN3. The van der Waals surface area contributed by atoms with Crippen LogP contribution in [0, 0.1) is 5.82 Å². The SMILES string of the molecule is CC(Nc1cc(Br)ccc1N(C)C)c1ccc(F)cn1. The highest BCUT2D eigenvalue weighted by atomic mass is 79.9. The highest BCUT2D eigenvalue weighted by Gasteiger charge is 2.11. The van der Waals surface area contributed by atoms with E-state index in [-0.39, 0.29) is 11.9 Å². The molecule has 1 unspecified atom stereocenters. The van der Waals surface area contributed by atoms with E-state index in [0.717, 1.165) is 21.5 Å². The Hall–Kier alpha value is -1.62. The third-order valence-electron chi connectivity index (χ3n) is 3.01. The second-order valence-corrected chi connectivity index (χ2v) is 5.74. The van der Waals surface area contributed by atoms with Gasteiger partial charge in [-0.15, -0.1) is 0 Å². The van der Waals surface area contributed by atoms with Gasteiger partial charge in [0.2, 0.25) is 0 Å². The van der Waals surface area contributed by atoms with Gasteiger partial charge in [0.15, 0.2) is 0 Å². The molecular weight excluding hydrogens is 321 g/mol. The monoisotopic (exact) mass is 337 g/mol. The van der Waals surface area contributed by atoms with Gasteiger partial charge in [0, 0.05) is 18.6 Å². The van der Waals surface area contributed by atoms with Crippen molar-refractivity contribution in [3.05, 3.63) is 52.5 Å². The summed E-state index contributed by atoms with van der Waals surface area (Å²) in [5, 5.41) is 3.41. The molecule has 1 aromatic heterocycles. The van der Waals surface area contributed by atoms with E-state index in [1.807, 2.05) is 44.1 Å². The van der Waals surface area contributed by atoms with Crippen LogP contribution in [-0.2, 0) is 0 Å². The maximum absolute atomic E-state index is 12.9. The molecule has 0 saturated carbocycles. The van der Waals surface area contributed by atoms with E-state index in [0.29, 0.717) is 0 Å². The first-order valence-corrected chi connectivity index (χ1v) is 7.11. The van der Waals surface area contributed by atoms with Crippen molar-refractivity contribution in [1.82, 2.24) is 4.98 Å². The number of halogens is 2. The minimum absolute atomic E-state index is 0.0106. The zero-order chi connectivity index (χ0) is 14.7. The molecule has 1 atom stereocenters. The number of pyridine rings is 1. The van der Waals surface area contributed by atoms with E-state index in [9.17, 15) is 4.39 Å². The van der Waals surface area contributed by atoms with Gasteiger partial charge in [0.25, 0.3) is 0 Å². The van der Waals surface area contributed by atoms with Crippen molar-refractivity contribution >= 4 is 27.3 Å². The Morgan fingerprint density at radius 1 is 1.25 bits per heavy atom. The molecule has 3 nitrogen and oxygen atoms in total. The van der Waals surface area contributed by atoms with E-state index in [4.69, 9.17) is 0 Å². The van der Waals surface area contributed by atoms with Crippen molar-refractivity contribution in [2.75, 3.05) is 24.3 Å². The summed E-state index contributed by atoms with van der Waals surface area (Å²) in [5.74, 6) is -0.322. The number of anilines is 2. The molecule has 1 aromatic carbocycles. The van der Waals surface area contributed by atoms with Crippen molar-refractivity contribution < 1.29 is 4.39 Å². The van der Waals surface area contributed by atoms with Crippen molar-refractivity contribution in [1.29, 1.82) is 0 Å². The van der Waals surface area contributed by atoms with Crippen LogP contribution in [0.25, 0.3) is 0 Å². The molecule has 0 fully saturated rings. The Balaban J connectivity index is 2.24. The highest BCUT2D eigenvalue weighted by Crippen LogP contribution is 2.30. The Bertz CT molecular complexity index is 584. The van der Waals surface area contributed by atoms with Gasteiger partial charge in [-0.25, -0.2) is 4.39 Å². The van der Waals surface area contributed by atoms with Gasteiger partial charge in [-0.1, -0.05) is 15.9 Å². The quantitative estimate of drug-likeness (QED) is 0.905. The Labute approximate surface area is 127 Å². The summed E-state index contributed by atoms with van der Waals surface area (Å²) in [6, 6.07) is 9.17. The summed E-state index contributed by atoms with van der Waals surface area (Å²) in [6.45, 7) is 2.00. The second-order valence-electron chi connectivity index (χ2n) is 4.82. The van der Waals surface area contributed by atoms with Crippen LogP contribution in [-0.4, -0.2) is 19.1 Å². The van der Waals surface area contributed by atoms with Crippen LogP contribution in [0.5, 0.6) is 0 Å². The molecule has 0 radical (unpaired) electrons. The predicted octanol–water partition coefficient (Wildman–Crippen LogP) is 4.22. The van der Waals surface area contributed by atoms with Gasteiger partial charge in [0.1, 0.15) is 5.82 Å². The summed E-state index contributed by atoms with van der Waals surface area (Å²) in [6.07, 6.45) is 1.24. The number of hydrogen-bond donors (Lipinski definition) is 1. The topological polar surface area (TPSA) is 28.2 Å². The molecule has 0 aliphatic rings. The van der Waals surface area contributed by atoms with Crippen molar-refractivity contribution in [3.63, 3.8) is 0 Å². The molecule has 2 aromatic rings. The van der Waals surface area contributed by atoms with Gasteiger partial charge in [-0.3, -0.25) is 4.98 Å². The average molecular weight is 338 g/mol. The highest BCUT2D eigenvalue weighted by molar-refractivity contribution is 9.10. The van der Waals surface area contributed by atoms with Crippen LogP contribution >= 0.6 is 15.9 Å². The zero-order valence-electron chi connectivity index (χ0n) is 11.7. The molecule has 5 heteroatoms. The van der Waals surface area contributed by atoms with Crippen LogP contribution in [0.3, 0.4) is 0 Å². The van der Waals surface area contributed by atoms with E-state index >= 15 is 0 Å². The molecule has 20 heavy (non-hydrogen) atoms. The fourth-order valence-corrected chi connectivity index (χ4v) is 2.33. The lowest BCUT2D eigenvalue weighted by atomic mass is 10.2. The van der Waals surface area contributed by atoms with E-state index in [1.54, 1.807) is 6.07 Å². The van der Waals surface area contributed by atoms with Gasteiger partial charge in [-0.05, 0) is 37.3 Å². The van der Waals surface area contributed by atoms with Crippen LogP contribution < -0.4 is 10.2 Å². The van der Waals surface area contributed by atoms with Crippen molar-refractivity contribution in [3.8, 4) is 0 Å². The molecule has 0 saturated heterocycles. The van der Waals surface area contributed by atoms with Crippen LogP contribution in [0.2, 0.25) is 0 Å². The molecule has 0 aliphatic carbocycles. The maximum atomic E-state index is 12.9. The molecule has 1 heterocycles. The molecule has 1 N–H and O–H groups in total. The van der Waals surface area contributed by atoms with Crippen molar-refractivity contribution in [2.45, 2.75) is 13.0 Å². The van der Waals surface area contributed by atoms with E-state index in [1.165, 1.54) is 12.3 Å². The first kappa shape index (κ1) is 14.8. The minimum Gasteiger partial charge on any atom is -0.376 e. The number of nitrogens with zero attached hydrogens (tertiary/aromatic N) is 2. The maximum Gasteiger partial charge on any atom is 0.141 e. The number of nitrogens with one attached hydrogen (secondary N) is 1. The van der Waals surface area contributed by atoms with Gasteiger partial charge in [0.05, 0.1) is 29.3 Å². The van der Waals surface area contributed by atoms with Gasteiger partial charge < -0.3 is 10.2 Å². The van der Waals surface area contributed by atoms with Gasteiger partial charge in [-0.2, -0.15) is 0 Å². The Kier molecular flexibility index (Phi) is 4.60. The summed E-state index contributed by atoms with van der Waals surface area (Å²) >= 11 is 3.48. The molecule has 2 rings (SSSR count). The van der Waals surface area contributed by atoms with Crippen LogP contribution in [0.15, 0.2) is 41.0 Å². The summed E-state index contributed by atoms with van der Waals surface area (Å²) < 4.78 is 13.9. The first-order chi connectivity index (χ1) is 9.47. The third kappa shape index (κ3) is 3.48. The number of hydrogen-bond acceptors (Lipinski definition) is 3. The third-order valence-corrected chi connectivity index (χ3v) is 3.50. The molecule has 106 valence electrons. The summed E-state index contributed by atoms with van der Waals surface area (Å²) in [7, 11) is 3.99. The van der Waals surface area contributed by atoms with Gasteiger partial charge >= 0.3 is 0 Å². The lowest BCUT2D eigenvalue weighted by Gasteiger charge is -2.22. The Morgan fingerprint density at radius 3 is 2.60 bits per heavy atom. The molecule has 0 spiro atoms. The lowest BCUT2D eigenvalue weighted by molar-refractivity contribution is 0.617. The average Bonchev–Trinajstić information content (AvgIpc) is 2.39. The first-order valence-electron chi connectivity index (χ1n) is 6.32. The smallest absolute Gasteiger partial charge is 0.141 e. The largest absolute Gasteiger partial charge is 0.376 e. The second kappa shape index (κ2) is 6.22. The molecule has 0 aliphatic heterocycles. The zero-order valence-corrected chi connectivity index (χ0v) is 13.3. The fourth-order valence-electron chi connectivity index (χ4n) is 1.96. The Morgan fingerprint density at radius 2 is 2.00 bits per heavy atom. The molecule has 0 bridgehead atoms. The van der Waals surface area contributed by atoms with E-state index < -0.39 is 0 Å². The predicted molar refractivity (Wildman–Crippen MR) is 84.7 cm³/mol. The lowest BCUT2D eigenvalue weighted by Crippen LogP contribution is -2.14. The van der Waals surface area contributed by atoms with Crippen LogP contribution in [0.1, 0.15) is 18.7 Å². The normalized spacial score (nSPS) is 12.1. The number of aromatic nitrogens is 1. The standard InChI is InChI=1S/C15H17BrFN3/c1-10(13-6-5-12(17)9-18-13)19-14-8-11(16)4-7-15(14)20(2)3/h4-10,19H,1-3H3. The number of rotatable bonds is 4. The number of benzene rings is 1. The van der Waals surface area contributed by atoms with Crippen molar-refractivity contribution in [2.24, 2.45) is 0 Å². The molecule has 0 amide bonds. The summed E-state index contributed by atoms with van der Waals surface area (Å²) in [4.78, 5) is 6.15. The minimum atomic E-state index is -0.322.